The van der Waals surface area contributed by atoms with Gasteiger partial charge in [0.1, 0.15) is 5.75 Å². The van der Waals surface area contributed by atoms with E-state index in [1.807, 2.05) is 30.3 Å². The zero-order valence-electron chi connectivity index (χ0n) is 12.2. The van der Waals surface area contributed by atoms with Gasteiger partial charge in [-0.25, -0.2) is 0 Å². The first kappa shape index (κ1) is 15.8. The summed E-state index contributed by atoms with van der Waals surface area (Å²) in [5.74, 6) is 0.0525. The molecule has 0 aromatic heterocycles. The Morgan fingerprint density at radius 1 is 1.19 bits per heavy atom. The van der Waals surface area contributed by atoms with Crippen molar-refractivity contribution in [3.05, 3.63) is 40.9 Å². The van der Waals surface area contributed by atoms with E-state index in [9.17, 15) is 4.79 Å². The Morgan fingerprint density at radius 3 is 2.57 bits per heavy atom. The molecule has 0 fully saturated rings. The van der Waals surface area contributed by atoms with Crippen molar-refractivity contribution in [2.45, 2.75) is 26.7 Å². The van der Waals surface area contributed by atoms with Crippen LogP contribution < -0.4 is 4.74 Å². The molecule has 1 N–H and O–H groups in total. The average Bonchev–Trinajstić information content (AvgIpc) is 2.43. The lowest BCUT2D eigenvalue weighted by molar-refractivity contribution is -0.147. The highest BCUT2D eigenvalue weighted by molar-refractivity contribution is 9.10. The second-order valence-corrected chi connectivity index (χ2v) is 6.71. The summed E-state index contributed by atoms with van der Waals surface area (Å²) in [4.78, 5) is 11.0. The van der Waals surface area contributed by atoms with Gasteiger partial charge in [0.05, 0.1) is 12.0 Å². The molecule has 21 heavy (non-hydrogen) atoms. The average molecular weight is 351 g/mol. The molecule has 0 amide bonds. The summed E-state index contributed by atoms with van der Waals surface area (Å²) in [6, 6.07) is 12.1. The summed E-state index contributed by atoms with van der Waals surface area (Å²) in [6.45, 7) is 4.01. The Hall–Kier alpha value is -1.55. The molecule has 0 aliphatic rings. The Kier molecular flexibility index (Phi) is 4.88. The topological polar surface area (TPSA) is 46.5 Å². The first-order valence-electron chi connectivity index (χ1n) is 6.94. The number of ether oxygens (including phenoxy) is 1. The molecule has 0 saturated carbocycles. The van der Waals surface area contributed by atoms with Gasteiger partial charge in [-0.15, -0.1) is 0 Å². The van der Waals surface area contributed by atoms with E-state index >= 15 is 0 Å². The molecule has 0 aliphatic heterocycles. The van der Waals surface area contributed by atoms with Gasteiger partial charge in [-0.05, 0) is 61.7 Å². The molecule has 0 saturated heterocycles. The summed E-state index contributed by atoms with van der Waals surface area (Å²) in [7, 11) is 0. The summed E-state index contributed by atoms with van der Waals surface area (Å²) in [5.41, 5.74) is -0.695. The van der Waals surface area contributed by atoms with E-state index in [-0.39, 0.29) is 0 Å². The van der Waals surface area contributed by atoms with Crippen molar-refractivity contribution in [2.75, 3.05) is 6.61 Å². The maximum atomic E-state index is 11.0. The van der Waals surface area contributed by atoms with Crippen molar-refractivity contribution in [2.24, 2.45) is 5.41 Å². The van der Waals surface area contributed by atoms with Crippen LogP contribution in [0.4, 0.5) is 0 Å². The molecule has 0 radical (unpaired) electrons. The van der Waals surface area contributed by atoms with Crippen molar-refractivity contribution >= 4 is 32.7 Å². The van der Waals surface area contributed by atoms with E-state index in [1.54, 1.807) is 13.8 Å². The van der Waals surface area contributed by atoms with E-state index in [4.69, 9.17) is 9.84 Å². The number of aliphatic carboxylic acids is 1. The standard InChI is InChI=1S/C17H19BrO3/c1-17(2,16(19)20)8-3-9-21-15-7-5-12-10-14(18)6-4-13(12)11-15/h4-7,10-11H,3,8-9H2,1-2H3,(H,19,20). The normalized spacial score (nSPS) is 11.6. The van der Waals surface area contributed by atoms with Crippen LogP contribution in [-0.4, -0.2) is 17.7 Å². The molecule has 0 aliphatic carbocycles. The number of halogens is 1. The van der Waals surface area contributed by atoms with Crippen LogP contribution >= 0.6 is 15.9 Å². The fourth-order valence-corrected chi connectivity index (χ4v) is 2.47. The lowest BCUT2D eigenvalue weighted by Crippen LogP contribution is -2.24. The highest BCUT2D eigenvalue weighted by Gasteiger charge is 2.26. The number of fused-ring (bicyclic) bond motifs is 1. The van der Waals surface area contributed by atoms with Crippen molar-refractivity contribution in [1.29, 1.82) is 0 Å². The minimum atomic E-state index is -0.765. The van der Waals surface area contributed by atoms with Gasteiger partial charge in [-0.1, -0.05) is 28.1 Å². The second-order valence-electron chi connectivity index (χ2n) is 5.79. The van der Waals surface area contributed by atoms with Crippen molar-refractivity contribution in [1.82, 2.24) is 0 Å². The Bertz CT molecular complexity index is 650. The Labute approximate surface area is 133 Å². The number of rotatable bonds is 6. The lowest BCUT2D eigenvalue weighted by atomic mass is 9.88. The van der Waals surface area contributed by atoms with Crippen LogP contribution in [0.3, 0.4) is 0 Å². The number of carboxylic acids is 1. The fraction of sp³-hybridized carbons (Fsp3) is 0.353. The molecule has 3 nitrogen and oxygen atoms in total. The zero-order valence-corrected chi connectivity index (χ0v) is 13.8. The number of carbonyl (C=O) groups is 1. The molecule has 112 valence electrons. The molecule has 2 aromatic rings. The second kappa shape index (κ2) is 6.48. The minimum Gasteiger partial charge on any atom is -0.494 e. The van der Waals surface area contributed by atoms with Crippen LogP contribution in [0.1, 0.15) is 26.7 Å². The monoisotopic (exact) mass is 350 g/mol. The van der Waals surface area contributed by atoms with Crippen LogP contribution in [-0.2, 0) is 4.79 Å². The smallest absolute Gasteiger partial charge is 0.309 e. The third-order valence-electron chi connectivity index (χ3n) is 3.57. The summed E-state index contributed by atoms with van der Waals surface area (Å²) < 4.78 is 6.77. The van der Waals surface area contributed by atoms with Crippen LogP contribution in [0.2, 0.25) is 0 Å². The quantitative estimate of drug-likeness (QED) is 0.755. The van der Waals surface area contributed by atoms with Gasteiger partial charge in [0, 0.05) is 4.47 Å². The van der Waals surface area contributed by atoms with Gasteiger partial charge in [0.2, 0.25) is 0 Å². The van der Waals surface area contributed by atoms with Gasteiger partial charge in [0.25, 0.3) is 0 Å². The van der Waals surface area contributed by atoms with Gasteiger partial charge in [-0.3, -0.25) is 4.79 Å². The van der Waals surface area contributed by atoms with Crippen molar-refractivity contribution < 1.29 is 14.6 Å². The Morgan fingerprint density at radius 2 is 1.86 bits per heavy atom. The molecule has 0 heterocycles. The number of hydrogen-bond donors (Lipinski definition) is 1. The van der Waals surface area contributed by atoms with E-state index in [0.717, 1.165) is 27.4 Å². The largest absolute Gasteiger partial charge is 0.494 e. The van der Waals surface area contributed by atoms with E-state index < -0.39 is 11.4 Å². The van der Waals surface area contributed by atoms with Crippen molar-refractivity contribution in [3.8, 4) is 5.75 Å². The van der Waals surface area contributed by atoms with Gasteiger partial charge >= 0.3 is 5.97 Å². The summed E-state index contributed by atoms with van der Waals surface area (Å²) >= 11 is 3.45. The molecule has 0 atom stereocenters. The maximum absolute atomic E-state index is 11.0. The molecular weight excluding hydrogens is 332 g/mol. The number of hydrogen-bond acceptors (Lipinski definition) is 2. The van der Waals surface area contributed by atoms with Crippen LogP contribution in [0, 0.1) is 5.41 Å². The molecule has 0 spiro atoms. The minimum absolute atomic E-state index is 0.527. The number of carboxylic acid groups (broad SMARTS) is 1. The molecule has 0 bridgehead atoms. The third-order valence-corrected chi connectivity index (χ3v) is 4.06. The molecule has 0 unspecified atom stereocenters. The van der Waals surface area contributed by atoms with Gasteiger partial charge in [0.15, 0.2) is 0 Å². The lowest BCUT2D eigenvalue weighted by Gasteiger charge is -2.18. The first-order valence-corrected chi connectivity index (χ1v) is 7.73. The summed E-state index contributed by atoms with van der Waals surface area (Å²) in [5, 5.41) is 11.3. The molecule has 4 heteroatoms. The Balaban J connectivity index is 1.92. The van der Waals surface area contributed by atoms with Crippen LogP contribution in [0.5, 0.6) is 5.75 Å². The predicted molar refractivity (Wildman–Crippen MR) is 87.8 cm³/mol. The zero-order chi connectivity index (χ0) is 15.5. The maximum Gasteiger partial charge on any atom is 0.309 e. The van der Waals surface area contributed by atoms with E-state index in [2.05, 4.69) is 22.0 Å². The van der Waals surface area contributed by atoms with Crippen molar-refractivity contribution in [3.63, 3.8) is 0 Å². The molecule has 2 rings (SSSR count). The van der Waals surface area contributed by atoms with E-state index in [1.165, 1.54) is 0 Å². The summed E-state index contributed by atoms with van der Waals surface area (Å²) in [6.07, 6.45) is 1.32. The van der Waals surface area contributed by atoms with E-state index in [0.29, 0.717) is 13.0 Å². The highest BCUT2D eigenvalue weighted by Crippen LogP contribution is 2.25. The van der Waals surface area contributed by atoms with Crippen LogP contribution in [0.25, 0.3) is 10.8 Å². The van der Waals surface area contributed by atoms with Crippen LogP contribution in [0.15, 0.2) is 40.9 Å². The van der Waals surface area contributed by atoms with Gasteiger partial charge in [-0.2, -0.15) is 0 Å². The molecular formula is C17H19BrO3. The fourth-order valence-electron chi connectivity index (χ4n) is 2.10. The number of benzene rings is 2. The first-order chi connectivity index (χ1) is 9.88. The highest BCUT2D eigenvalue weighted by atomic mass is 79.9. The predicted octanol–water partition coefficient (Wildman–Crippen LogP) is 4.87. The SMILES string of the molecule is CC(C)(CCCOc1ccc2cc(Br)ccc2c1)C(=O)O. The molecule has 2 aromatic carbocycles. The van der Waals surface area contributed by atoms with Gasteiger partial charge < -0.3 is 9.84 Å². The third kappa shape index (κ3) is 4.21.